The molecule has 0 unspecified atom stereocenters. The van der Waals surface area contributed by atoms with Crippen molar-refractivity contribution in [2.45, 2.75) is 6.92 Å². The Balaban J connectivity index is 2.90. The first-order chi connectivity index (χ1) is 8.97. The predicted octanol–water partition coefficient (Wildman–Crippen LogP) is 2.53. The summed E-state index contributed by atoms with van der Waals surface area (Å²) in [5, 5.41) is 11.7. The van der Waals surface area contributed by atoms with Gasteiger partial charge in [0, 0.05) is 17.3 Å². The summed E-state index contributed by atoms with van der Waals surface area (Å²) in [6.45, 7) is 2.41. The van der Waals surface area contributed by atoms with Gasteiger partial charge in [0.15, 0.2) is 0 Å². The molecule has 100 valence electrons. The van der Waals surface area contributed by atoms with Crippen LogP contribution in [0.3, 0.4) is 0 Å². The Morgan fingerprint density at radius 3 is 2.68 bits per heavy atom. The number of aromatic carboxylic acids is 1. The van der Waals surface area contributed by atoms with Crippen molar-refractivity contribution in [1.82, 2.24) is 4.90 Å². The van der Waals surface area contributed by atoms with Crippen LogP contribution in [0.25, 0.3) is 0 Å². The molecule has 0 aliphatic heterocycles. The molecule has 0 fully saturated rings. The molecule has 5 nitrogen and oxygen atoms in total. The first-order valence-electron chi connectivity index (χ1n) is 5.51. The van der Waals surface area contributed by atoms with Crippen LogP contribution in [-0.4, -0.2) is 35.1 Å². The highest BCUT2D eigenvalue weighted by Gasteiger charge is 2.12. The van der Waals surface area contributed by atoms with Crippen LogP contribution in [0.1, 0.15) is 17.3 Å². The average molecular weight is 281 g/mol. The maximum atomic E-state index is 11.9. The quantitative estimate of drug-likeness (QED) is 0.833. The molecule has 1 aromatic carbocycles. The van der Waals surface area contributed by atoms with Crippen molar-refractivity contribution in [2.24, 2.45) is 0 Å². The number of rotatable bonds is 4. The predicted molar refractivity (Wildman–Crippen MR) is 73.5 cm³/mol. The number of carboxylic acids is 1. The van der Waals surface area contributed by atoms with E-state index in [1.165, 1.54) is 23.1 Å². The van der Waals surface area contributed by atoms with Crippen LogP contribution in [0.2, 0.25) is 5.02 Å². The molecule has 0 saturated heterocycles. The maximum absolute atomic E-state index is 11.9. The Hall–Kier alpha value is -2.19. The summed E-state index contributed by atoms with van der Waals surface area (Å²) in [5.41, 5.74) is 0.313. The minimum Gasteiger partial charge on any atom is -0.478 e. The number of nitrogens with zero attached hydrogens (tertiary/aromatic N) is 1. The minimum absolute atomic E-state index is 0.00259. The molecule has 0 heterocycles. The molecule has 0 aliphatic carbocycles. The molecule has 1 rings (SSSR count). The zero-order valence-electron chi connectivity index (χ0n) is 10.3. The van der Waals surface area contributed by atoms with Crippen molar-refractivity contribution in [3.8, 4) is 12.3 Å². The second-order valence-corrected chi connectivity index (χ2v) is 4.12. The van der Waals surface area contributed by atoms with Crippen molar-refractivity contribution in [3.05, 3.63) is 28.8 Å². The van der Waals surface area contributed by atoms with Crippen LogP contribution in [0, 0.1) is 12.3 Å². The lowest BCUT2D eigenvalue weighted by molar-refractivity contribution is 0.0697. The van der Waals surface area contributed by atoms with Crippen LogP contribution in [-0.2, 0) is 0 Å². The molecular formula is C13H13ClN2O3. The molecule has 2 amide bonds. The van der Waals surface area contributed by atoms with Crippen LogP contribution in [0.4, 0.5) is 10.5 Å². The number of anilines is 1. The van der Waals surface area contributed by atoms with E-state index in [1.807, 2.05) is 0 Å². The number of nitrogens with one attached hydrogen (secondary N) is 1. The fraction of sp³-hybridized carbons (Fsp3) is 0.231. The van der Waals surface area contributed by atoms with Gasteiger partial charge in [-0.1, -0.05) is 17.5 Å². The number of halogens is 1. The molecule has 0 aliphatic rings. The van der Waals surface area contributed by atoms with Gasteiger partial charge in [-0.05, 0) is 25.1 Å². The first kappa shape index (κ1) is 14.9. The zero-order valence-corrected chi connectivity index (χ0v) is 11.1. The van der Waals surface area contributed by atoms with Crippen molar-refractivity contribution in [2.75, 3.05) is 18.4 Å². The van der Waals surface area contributed by atoms with E-state index in [0.29, 0.717) is 12.2 Å². The summed E-state index contributed by atoms with van der Waals surface area (Å²) in [7, 11) is 0. The Morgan fingerprint density at radius 2 is 2.16 bits per heavy atom. The molecule has 1 aromatic rings. The van der Waals surface area contributed by atoms with E-state index in [-0.39, 0.29) is 17.1 Å². The van der Waals surface area contributed by atoms with E-state index in [9.17, 15) is 9.59 Å². The Labute approximate surface area is 116 Å². The molecule has 0 atom stereocenters. The third-order valence-electron chi connectivity index (χ3n) is 2.35. The molecular weight excluding hydrogens is 268 g/mol. The third kappa shape index (κ3) is 4.19. The van der Waals surface area contributed by atoms with Gasteiger partial charge in [-0.15, -0.1) is 6.42 Å². The van der Waals surface area contributed by atoms with Gasteiger partial charge in [-0.25, -0.2) is 9.59 Å². The second-order valence-electron chi connectivity index (χ2n) is 3.68. The van der Waals surface area contributed by atoms with Crippen LogP contribution in [0.15, 0.2) is 18.2 Å². The fourth-order valence-corrected chi connectivity index (χ4v) is 1.66. The van der Waals surface area contributed by atoms with E-state index in [0.717, 1.165) is 0 Å². The molecule has 0 spiro atoms. The maximum Gasteiger partial charge on any atom is 0.335 e. The van der Waals surface area contributed by atoms with Gasteiger partial charge in [0.1, 0.15) is 0 Å². The van der Waals surface area contributed by atoms with Gasteiger partial charge in [-0.3, -0.25) is 0 Å². The van der Waals surface area contributed by atoms with Crippen LogP contribution in [0.5, 0.6) is 0 Å². The van der Waals surface area contributed by atoms with Gasteiger partial charge in [-0.2, -0.15) is 0 Å². The van der Waals surface area contributed by atoms with E-state index < -0.39 is 12.0 Å². The summed E-state index contributed by atoms with van der Waals surface area (Å²) >= 11 is 5.79. The fourth-order valence-electron chi connectivity index (χ4n) is 1.43. The van der Waals surface area contributed by atoms with Gasteiger partial charge >= 0.3 is 12.0 Å². The van der Waals surface area contributed by atoms with Gasteiger partial charge in [0.05, 0.1) is 12.1 Å². The molecule has 19 heavy (non-hydrogen) atoms. The third-order valence-corrected chi connectivity index (χ3v) is 2.57. The SMILES string of the molecule is C#CCN(CC)C(=O)Nc1cc(Cl)cc(C(=O)O)c1. The summed E-state index contributed by atoms with van der Waals surface area (Å²) in [6.07, 6.45) is 5.15. The molecule has 0 radical (unpaired) electrons. The molecule has 0 saturated carbocycles. The van der Waals surface area contributed by atoms with Gasteiger partial charge in [0.2, 0.25) is 0 Å². The molecule has 0 bridgehead atoms. The van der Waals surface area contributed by atoms with E-state index in [1.54, 1.807) is 6.92 Å². The normalized spacial score (nSPS) is 9.53. The Bertz CT molecular complexity index is 537. The zero-order chi connectivity index (χ0) is 14.4. The number of carbonyl (C=O) groups excluding carboxylic acids is 1. The summed E-state index contributed by atoms with van der Waals surface area (Å²) in [6, 6.07) is 3.70. The average Bonchev–Trinajstić information content (AvgIpc) is 2.34. The number of terminal acetylenes is 1. The van der Waals surface area contributed by atoms with Crippen LogP contribution >= 0.6 is 11.6 Å². The molecule has 0 aromatic heterocycles. The highest BCUT2D eigenvalue weighted by molar-refractivity contribution is 6.31. The van der Waals surface area contributed by atoms with Crippen molar-refractivity contribution in [1.29, 1.82) is 0 Å². The van der Waals surface area contributed by atoms with Crippen molar-refractivity contribution < 1.29 is 14.7 Å². The lowest BCUT2D eigenvalue weighted by Gasteiger charge is -2.18. The smallest absolute Gasteiger partial charge is 0.335 e. The van der Waals surface area contributed by atoms with Crippen molar-refractivity contribution >= 4 is 29.3 Å². The summed E-state index contributed by atoms with van der Waals surface area (Å²) in [5.74, 6) is 1.25. The molecule has 6 heteroatoms. The number of benzene rings is 1. The van der Waals surface area contributed by atoms with E-state index in [4.69, 9.17) is 23.1 Å². The second kappa shape index (κ2) is 6.66. The number of amides is 2. The standard InChI is InChI=1S/C13H13ClN2O3/c1-3-5-16(4-2)13(19)15-11-7-9(12(17)18)6-10(14)8-11/h1,6-8H,4-5H2,2H3,(H,15,19)(H,17,18). The van der Waals surface area contributed by atoms with Crippen molar-refractivity contribution in [3.63, 3.8) is 0 Å². The van der Waals surface area contributed by atoms with Gasteiger partial charge in [0.25, 0.3) is 0 Å². The number of hydrogen-bond donors (Lipinski definition) is 2. The lowest BCUT2D eigenvalue weighted by Crippen LogP contribution is -2.35. The Morgan fingerprint density at radius 1 is 1.47 bits per heavy atom. The number of carboxylic acid groups (broad SMARTS) is 1. The number of carbonyl (C=O) groups is 2. The Kier molecular flexibility index (Phi) is 5.22. The highest BCUT2D eigenvalue weighted by Crippen LogP contribution is 2.19. The summed E-state index contributed by atoms with van der Waals surface area (Å²) in [4.78, 5) is 24.1. The highest BCUT2D eigenvalue weighted by atomic mass is 35.5. The molecule has 2 N–H and O–H groups in total. The van der Waals surface area contributed by atoms with E-state index in [2.05, 4.69) is 11.2 Å². The topological polar surface area (TPSA) is 69.6 Å². The number of hydrogen-bond acceptors (Lipinski definition) is 2. The monoisotopic (exact) mass is 280 g/mol. The largest absolute Gasteiger partial charge is 0.478 e. The van der Waals surface area contributed by atoms with Crippen LogP contribution < -0.4 is 5.32 Å². The summed E-state index contributed by atoms with van der Waals surface area (Å²) < 4.78 is 0. The van der Waals surface area contributed by atoms with Gasteiger partial charge < -0.3 is 15.3 Å². The minimum atomic E-state index is -1.12. The number of urea groups is 1. The lowest BCUT2D eigenvalue weighted by atomic mass is 10.2. The van der Waals surface area contributed by atoms with E-state index >= 15 is 0 Å². The first-order valence-corrected chi connectivity index (χ1v) is 5.89.